The number of thioether (sulfide) groups is 1. The largest absolute Gasteiger partial charge is 0.474 e. The molecule has 3 nitrogen and oxygen atoms in total. The van der Waals surface area contributed by atoms with Crippen LogP contribution in [0, 0.1) is 0 Å². The highest BCUT2D eigenvalue weighted by molar-refractivity contribution is 8.22. The van der Waals surface area contributed by atoms with Crippen molar-refractivity contribution in [2.75, 3.05) is 0 Å². The molecule has 1 unspecified atom stereocenters. The van der Waals surface area contributed by atoms with Crippen molar-refractivity contribution in [1.29, 1.82) is 0 Å². The van der Waals surface area contributed by atoms with Crippen molar-refractivity contribution in [2.45, 2.75) is 18.4 Å². The van der Waals surface area contributed by atoms with Crippen LogP contribution in [0.1, 0.15) is 16.4 Å². The molecule has 1 aromatic heterocycles. The van der Waals surface area contributed by atoms with E-state index in [4.69, 9.17) is 51.8 Å². The fraction of sp³-hybridized carbons (Fsp3) is 0.158. The first kappa shape index (κ1) is 20.5. The van der Waals surface area contributed by atoms with Gasteiger partial charge in [0.05, 0.1) is 11.6 Å². The van der Waals surface area contributed by atoms with Crippen molar-refractivity contribution in [3.63, 3.8) is 0 Å². The molecule has 0 N–H and O–H groups in total. The van der Waals surface area contributed by atoms with Gasteiger partial charge in [0.1, 0.15) is 6.61 Å². The summed E-state index contributed by atoms with van der Waals surface area (Å²) in [6.07, 6.45) is 5.39. The van der Waals surface area contributed by atoms with Crippen LogP contribution in [-0.2, 0) is 17.9 Å². The van der Waals surface area contributed by atoms with Crippen molar-refractivity contribution < 1.29 is 4.74 Å². The molecule has 140 valence electrons. The highest BCUT2D eigenvalue weighted by Gasteiger charge is 2.19. The molecular weight excluding hydrogens is 443 g/mol. The van der Waals surface area contributed by atoms with Gasteiger partial charge in [0.25, 0.3) is 0 Å². The highest BCUT2D eigenvalue weighted by Crippen LogP contribution is 2.37. The van der Waals surface area contributed by atoms with Crippen molar-refractivity contribution in [2.24, 2.45) is 0 Å². The van der Waals surface area contributed by atoms with Crippen LogP contribution in [0.15, 0.2) is 61.2 Å². The number of nitrogens with zero attached hydrogens (tertiary/aromatic N) is 2. The number of benzene rings is 2. The molecule has 0 saturated carbocycles. The summed E-state index contributed by atoms with van der Waals surface area (Å²) >= 11 is 25.3. The average Bonchev–Trinajstić information content (AvgIpc) is 3.13. The summed E-state index contributed by atoms with van der Waals surface area (Å²) in [4.78, 5) is 4.09. The van der Waals surface area contributed by atoms with E-state index in [1.807, 2.05) is 47.2 Å². The Kier molecular flexibility index (Phi) is 7.44. The van der Waals surface area contributed by atoms with Gasteiger partial charge in [-0.05, 0) is 47.6 Å². The fourth-order valence-electron chi connectivity index (χ4n) is 2.47. The van der Waals surface area contributed by atoms with E-state index in [1.54, 1.807) is 18.6 Å². The van der Waals surface area contributed by atoms with E-state index in [1.165, 1.54) is 11.8 Å². The van der Waals surface area contributed by atoms with Gasteiger partial charge in [0.2, 0.25) is 4.38 Å². The van der Waals surface area contributed by atoms with Gasteiger partial charge in [-0.1, -0.05) is 64.8 Å². The number of rotatable bonds is 6. The summed E-state index contributed by atoms with van der Waals surface area (Å²) < 4.78 is 8.17. The van der Waals surface area contributed by atoms with Gasteiger partial charge in [-0.15, -0.1) is 0 Å². The molecule has 0 fully saturated rings. The molecule has 0 aliphatic rings. The molecular formula is C19H15Cl3N2OS2. The molecule has 1 heterocycles. The lowest BCUT2D eigenvalue weighted by Crippen LogP contribution is -2.09. The lowest BCUT2D eigenvalue weighted by molar-refractivity contribution is 0.310. The van der Waals surface area contributed by atoms with Gasteiger partial charge in [-0.2, -0.15) is 0 Å². The third-order valence-electron chi connectivity index (χ3n) is 3.73. The quantitative estimate of drug-likeness (QED) is 0.379. The van der Waals surface area contributed by atoms with Crippen LogP contribution < -0.4 is 0 Å². The third-order valence-corrected chi connectivity index (χ3v) is 5.93. The summed E-state index contributed by atoms with van der Waals surface area (Å²) in [7, 11) is 0. The molecule has 0 saturated heterocycles. The van der Waals surface area contributed by atoms with Crippen LogP contribution in [-0.4, -0.2) is 13.9 Å². The number of thiocarbonyl (C=S) groups is 1. The molecule has 0 spiro atoms. The van der Waals surface area contributed by atoms with E-state index in [2.05, 4.69) is 4.98 Å². The zero-order chi connectivity index (χ0) is 19.2. The maximum Gasteiger partial charge on any atom is 0.220 e. The maximum absolute atomic E-state index is 6.42. The van der Waals surface area contributed by atoms with Gasteiger partial charge in [-0.25, -0.2) is 4.98 Å². The van der Waals surface area contributed by atoms with E-state index in [-0.39, 0.29) is 5.25 Å². The normalized spacial score (nSPS) is 12.0. The van der Waals surface area contributed by atoms with Crippen molar-refractivity contribution in [3.8, 4) is 0 Å². The molecule has 1 atom stereocenters. The molecule has 0 aliphatic carbocycles. The van der Waals surface area contributed by atoms with Gasteiger partial charge in [0.15, 0.2) is 0 Å². The molecule has 27 heavy (non-hydrogen) atoms. The smallest absolute Gasteiger partial charge is 0.220 e. The summed E-state index contributed by atoms with van der Waals surface area (Å²) in [6, 6.07) is 13.0. The molecule has 2 aromatic carbocycles. The predicted octanol–water partition coefficient (Wildman–Crippen LogP) is 6.82. The van der Waals surface area contributed by atoms with Gasteiger partial charge in [0, 0.05) is 34.0 Å². The monoisotopic (exact) mass is 456 g/mol. The zero-order valence-corrected chi connectivity index (χ0v) is 17.9. The number of hydrogen-bond donors (Lipinski definition) is 0. The Hall–Kier alpha value is -1.24. The van der Waals surface area contributed by atoms with Crippen LogP contribution in [0.3, 0.4) is 0 Å². The highest BCUT2D eigenvalue weighted by atomic mass is 35.5. The zero-order valence-electron chi connectivity index (χ0n) is 14.0. The van der Waals surface area contributed by atoms with Crippen LogP contribution in [0.4, 0.5) is 0 Å². The number of halogens is 3. The molecule has 0 amide bonds. The number of imidazole rings is 1. The predicted molar refractivity (Wildman–Crippen MR) is 118 cm³/mol. The molecule has 0 aliphatic heterocycles. The van der Waals surface area contributed by atoms with Gasteiger partial charge < -0.3 is 9.30 Å². The number of hydrogen-bond acceptors (Lipinski definition) is 4. The van der Waals surface area contributed by atoms with Crippen LogP contribution >= 0.6 is 58.8 Å². The lowest BCUT2D eigenvalue weighted by Gasteiger charge is -2.19. The van der Waals surface area contributed by atoms with Gasteiger partial charge >= 0.3 is 0 Å². The molecule has 0 bridgehead atoms. The van der Waals surface area contributed by atoms with E-state index in [9.17, 15) is 0 Å². The molecule has 8 heteroatoms. The maximum atomic E-state index is 6.42. The summed E-state index contributed by atoms with van der Waals surface area (Å²) in [6.45, 7) is 1.01. The number of ether oxygens (including phenoxy) is 1. The van der Waals surface area contributed by atoms with E-state index in [0.717, 1.165) is 11.1 Å². The standard InChI is InChI=1S/C19H15Cl3N2OS2/c20-14-3-1-2-13(8-14)11-25-19(26)27-18(10-24-7-6-23-12-24)16-5-4-15(21)9-17(16)22/h1-9,12,18H,10-11H2. The Morgan fingerprint density at radius 3 is 2.67 bits per heavy atom. The van der Waals surface area contributed by atoms with Crippen LogP contribution in [0.2, 0.25) is 15.1 Å². The van der Waals surface area contributed by atoms with Crippen molar-refractivity contribution in [1.82, 2.24) is 9.55 Å². The van der Waals surface area contributed by atoms with E-state index >= 15 is 0 Å². The molecule has 0 radical (unpaired) electrons. The average molecular weight is 458 g/mol. The SMILES string of the molecule is S=C(OCc1cccc(Cl)c1)SC(Cn1ccnc1)c1ccc(Cl)cc1Cl. The summed E-state index contributed by atoms with van der Waals surface area (Å²) in [5, 5.41) is 1.81. The minimum absolute atomic E-state index is 0.0455. The summed E-state index contributed by atoms with van der Waals surface area (Å²) in [5.74, 6) is 0. The summed E-state index contributed by atoms with van der Waals surface area (Å²) in [5.41, 5.74) is 1.90. The van der Waals surface area contributed by atoms with Crippen LogP contribution in [0.25, 0.3) is 0 Å². The topological polar surface area (TPSA) is 27.1 Å². The van der Waals surface area contributed by atoms with Crippen molar-refractivity contribution >= 4 is 63.2 Å². The minimum atomic E-state index is -0.0455. The Bertz CT molecular complexity index is 919. The fourth-order valence-corrected chi connectivity index (χ4v) is 4.63. The van der Waals surface area contributed by atoms with E-state index in [0.29, 0.717) is 32.6 Å². The minimum Gasteiger partial charge on any atom is -0.474 e. The second kappa shape index (κ2) is 9.80. The van der Waals surface area contributed by atoms with Crippen LogP contribution in [0.5, 0.6) is 0 Å². The van der Waals surface area contributed by atoms with E-state index < -0.39 is 0 Å². The second-order valence-electron chi connectivity index (χ2n) is 5.70. The Morgan fingerprint density at radius 2 is 1.96 bits per heavy atom. The number of aromatic nitrogens is 2. The first-order valence-corrected chi connectivity index (χ1v) is 10.4. The first-order chi connectivity index (χ1) is 13.0. The third kappa shape index (κ3) is 6.13. The van der Waals surface area contributed by atoms with Crippen molar-refractivity contribution in [3.05, 3.63) is 87.4 Å². The van der Waals surface area contributed by atoms with Gasteiger partial charge in [-0.3, -0.25) is 0 Å². The molecule has 3 aromatic rings. The second-order valence-corrected chi connectivity index (χ2v) is 8.79. The Labute approximate surface area is 182 Å². The lowest BCUT2D eigenvalue weighted by atomic mass is 10.1. The molecule has 3 rings (SSSR count). The Balaban J connectivity index is 1.71. The first-order valence-electron chi connectivity index (χ1n) is 8.00. The Morgan fingerprint density at radius 1 is 1.15 bits per heavy atom.